The number of rotatable bonds is 9. The number of hydrogen-bond acceptors (Lipinski definition) is 5. The zero-order chi connectivity index (χ0) is 24.5. The number of urea groups is 1. The molecule has 2 amide bonds. The number of amides is 2. The number of carbonyl (C=O) groups excluding carboxylic acids is 1. The smallest absolute Gasteiger partial charge is 0.319 e. The van der Waals surface area contributed by atoms with Gasteiger partial charge in [-0.15, -0.1) is 0 Å². The summed E-state index contributed by atoms with van der Waals surface area (Å²) in [6.07, 6.45) is 5.99. The van der Waals surface area contributed by atoms with Crippen LogP contribution in [0.1, 0.15) is 17.5 Å². The highest BCUT2D eigenvalue weighted by atomic mass is 16.5. The van der Waals surface area contributed by atoms with Crippen LogP contribution in [-0.4, -0.2) is 43.2 Å². The van der Waals surface area contributed by atoms with Gasteiger partial charge < -0.3 is 25.8 Å². The number of methoxy groups -OCH3 is 1. The SMILES string of the molecule is C=C/C=C(\C=C)CC1N=C(c2ccc(NC(=O)NCCOC)cc2)c2cc(O)ccc2NC1=C. The summed E-state index contributed by atoms with van der Waals surface area (Å²) < 4.78 is 4.93. The van der Waals surface area contributed by atoms with E-state index < -0.39 is 0 Å². The molecular weight excluding hydrogens is 428 g/mol. The van der Waals surface area contributed by atoms with Crippen LogP contribution in [0.2, 0.25) is 0 Å². The van der Waals surface area contributed by atoms with Crippen molar-refractivity contribution < 1.29 is 14.6 Å². The first-order chi connectivity index (χ1) is 16.4. The Bertz CT molecular complexity index is 1130. The molecule has 0 bridgehead atoms. The Labute approximate surface area is 200 Å². The van der Waals surface area contributed by atoms with Gasteiger partial charge in [-0.05, 0) is 35.9 Å². The molecule has 0 saturated carbocycles. The third-order valence-electron chi connectivity index (χ3n) is 5.27. The summed E-state index contributed by atoms with van der Waals surface area (Å²) in [7, 11) is 1.58. The van der Waals surface area contributed by atoms with Crippen LogP contribution in [0, 0.1) is 0 Å². The molecule has 0 spiro atoms. The number of allylic oxidation sites excluding steroid dienone is 3. The Morgan fingerprint density at radius 3 is 2.68 bits per heavy atom. The van der Waals surface area contributed by atoms with E-state index in [0.717, 1.165) is 28.1 Å². The van der Waals surface area contributed by atoms with Crippen LogP contribution >= 0.6 is 0 Å². The molecule has 1 unspecified atom stereocenters. The number of fused-ring (bicyclic) bond motifs is 1. The number of phenols is 1. The van der Waals surface area contributed by atoms with E-state index in [-0.39, 0.29) is 17.8 Å². The minimum absolute atomic E-state index is 0.140. The van der Waals surface area contributed by atoms with Crippen molar-refractivity contribution >= 4 is 23.1 Å². The molecule has 2 aromatic carbocycles. The molecule has 176 valence electrons. The monoisotopic (exact) mass is 458 g/mol. The minimum Gasteiger partial charge on any atom is -0.508 e. The van der Waals surface area contributed by atoms with E-state index >= 15 is 0 Å². The first-order valence-corrected chi connectivity index (χ1v) is 10.9. The number of nitrogens with zero attached hydrogens (tertiary/aromatic N) is 1. The average molecular weight is 459 g/mol. The van der Waals surface area contributed by atoms with Gasteiger partial charge in [0.25, 0.3) is 0 Å². The Hall–Kier alpha value is -4.10. The summed E-state index contributed by atoms with van der Waals surface area (Å²) in [5.74, 6) is 0.140. The lowest BCUT2D eigenvalue weighted by atomic mass is 9.99. The number of benzene rings is 2. The van der Waals surface area contributed by atoms with Gasteiger partial charge in [0, 0.05) is 48.3 Å². The molecule has 34 heavy (non-hydrogen) atoms. The highest BCUT2D eigenvalue weighted by molar-refractivity contribution is 6.17. The summed E-state index contributed by atoms with van der Waals surface area (Å²) in [4.78, 5) is 17.0. The van der Waals surface area contributed by atoms with Gasteiger partial charge in [0.05, 0.1) is 18.4 Å². The standard InChI is InChI=1S/C27H30N4O3/c1-5-7-19(6-2)16-25-18(3)29-24-13-12-22(32)17-23(24)26(31-25)20-8-10-21(11-9-20)30-27(33)28-14-15-34-4/h5-13,17,25,29,32H,1-3,14-16H2,4H3,(H2,28,30,33)/b19-7+. The zero-order valence-corrected chi connectivity index (χ0v) is 19.3. The first kappa shape index (κ1) is 24.5. The molecule has 0 aromatic heterocycles. The molecule has 1 atom stereocenters. The van der Waals surface area contributed by atoms with Crippen molar-refractivity contribution in [2.45, 2.75) is 12.5 Å². The first-order valence-electron chi connectivity index (χ1n) is 10.9. The predicted octanol–water partition coefficient (Wildman–Crippen LogP) is 4.99. The fourth-order valence-corrected chi connectivity index (χ4v) is 3.54. The van der Waals surface area contributed by atoms with Gasteiger partial charge in [0.2, 0.25) is 0 Å². The lowest BCUT2D eigenvalue weighted by molar-refractivity contribution is 0.198. The lowest BCUT2D eigenvalue weighted by Gasteiger charge is -2.16. The van der Waals surface area contributed by atoms with E-state index in [0.29, 0.717) is 31.0 Å². The van der Waals surface area contributed by atoms with Gasteiger partial charge in [-0.3, -0.25) is 4.99 Å². The molecule has 0 fully saturated rings. The average Bonchev–Trinajstić information content (AvgIpc) is 2.95. The number of benzodiazepines with no additional fused rings is 1. The van der Waals surface area contributed by atoms with E-state index in [1.54, 1.807) is 31.4 Å². The van der Waals surface area contributed by atoms with Crippen molar-refractivity contribution in [3.8, 4) is 5.75 Å². The number of aliphatic imine (C=N–C) groups is 1. The number of ether oxygens (including phenoxy) is 1. The van der Waals surface area contributed by atoms with Crippen LogP contribution in [0.5, 0.6) is 5.75 Å². The molecule has 4 N–H and O–H groups in total. The maximum atomic E-state index is 12.0. The number of anilines is 2. The summed E-state index contributed by atoms with van der Waals surface area (Å²) in [5, 5.41) is 19.0. The molecule has 1 aliphatic heterocycles. The molecule has 7 heteroatoms. The van der Waals surface area contributed by atoms with Crippen LogP contribution in [0.3, 0.4) is 0 Å². The fraction of sp³-hybridized carbons (Fsp3) is 0.185. The molecule has 0 aliphatic carbocycles. The van der Waals surface area contributed by atoms with Crippen LogP contribution in [0.4, 0.5) is 16.2 Å². The summed E-state index contributed by atoms with van der Waals surface area (Å²) in [5.41, 5.74) is 5.48. The second-order valence-corrected chi connectivity index (χ2v) is 7.71. The fourth-order valence-electron chi connectivity index (χ4n) is 3.54. The highest BCUT2D eigenvalue weighted by Gasteiger charge is 2.23. The third-order valence-corrected chi connectivity index (χ3v) is 5.27. The largest absolute Gasteiger partial charge is 0.508 e. The molecular formula is C27H30N4O3. The predicted molar refractivity (Wildman–Crippen MR) is 139 cm³/mol. The summed E-state index contributed by atoms with van der Waals surface area (Å²) >= 11 is 0. The molecule has 2 aromatic rings. The topological polar surface area (TPSA) is 95.0 Å². The van der Waals surface area contributed by atoms with E-state index in [1.165, 1.54) is 0 Å². The third kappa shape index (κ3) is 6.24. The Morgan fingerprint density at radius 1 is 1.24 bits per heavy atom. The number of carbonyl (C=O) groups is 1. The van der Waals surface area contributed by atoms with Crippen molar-refractivity contribution in [3.63, 3.8) is 0 Å². The van der Waals surface area contributed by atoms with Gasteiger partial charge in [0.1, 0.15) is 5.75 Å². The van der Waals surface area contributed by atoms with Gasteiger partial charge in [-0.1, -0.05) is 50.1 Å². The van der Waals surface area contributed by atoms with Crippen molar-refractivity contribution in [1.82, 2.24) is 5.32 Å². The quantitative estimate of drug-likeness (QED) is 0.242. The van der Waals surface area contributed by atoms with Crippen LogP contribution in [0.15, 0.2) is 96.7 Å². The van der Waals surface area contributed by atoms with E-state index in [1.807, 2.05) is 36.4 Å². The van der Waals surface area contributed by atoms with Crippen molar-refractivity contribution in [3.05, 3.63) is 103 Å². The van der Waals surface area contributed by atoms with Crippen LogP contribution in [-0.2, 0) is 4.74 Å². The zero-order valence-electron chi connectivity index (χ0n) is 19.3. The minimum atomic E-state index is -0.307. The maximum absolute atomic E-state index is 12.0. The second-order valence-electron chi connectivity index (χ2n) is 7.71. The van der Waals surface area contributed by atoms with Gasteiger partial charge >= 0.3 is 6.03 Å². The van der Waals surface area contributed by atoms with Gasteiger partial charge in [-0.25, -0.2) is 4.79 Å². The van der Waals surface area contributed by atoms with Crippen molar-refractivity contribution in [2.24, 2.45) is 4.99 Å². The van der Waals surface area contributed by atoms with Crippen LogP contribution in [0.25, 0.3) is 0 Å². The van der Waals surface area contributed by atoms with E-state index in [4.69, 9.17) is 9.73 Å². The normalized spacial score (nSPS) is 15.3. The van der Waals surface area contributed by atoms with Gasteiger partial charge in [-0.2, -0.15) is 0 Å². The van der Waals surface area contributed by atoms with E-state index in [2.05, 4.69) is 35.7 Å². The molecule has 3 rings (SSSR count). The summed E-state index contributed by atoms with van der Waals surface area (Å²) in [6.45, 7) is 12.7. The molecule has 1 aliphatic rings. The van der Waals surface area contributed by atoms with Crippen molar-refractivity contribution in [2.75, 3.05) is 30.9 Å². The van der Waals surface area contributed by atoms with Crippen molar-refractivity contribution in [1.29, 1.82) is 0 Å². The van der Waals surface area contributed by atoms with Crippen LogP contribution < -0.4 is 16.0 Å². The highest BCUT2D eigenvalue weighted by Crippen LogP contribution is 2.31. The molecule has 0 saturated heterocycles. The number of phenolic OH excluding ortho intramolecular Hbond substituents is 1. The Kier molecular flexibility index (Phi) is 8.43. The lowest BCUT2D eigenvalue weighted by Crippen LogP contribution is -2.31. The molecule has 7 nitrogen and oxygen atoms in total. The van der Waals surface area contributed by atoms with Gasteiger partial charge in [0.15, 0.2) is 0 Å². The Balaban J connectivity index is 1.94. The summed E-state index contributed by atoms with van der Waals surface area (Å²) in [6, 6.07) is 11.9. The molecule has 0 radical (unpaired) electrons. The number of hydrogen-bond donors (Lipinski definition) is 4. The Morgan fingerprint density at radius 2 is 2.00 bits per heavy atom. The number of aromatic hydroxyl groups is 1. The maximum Gasteiger partial charge on any atom is 0.319 e. The molecule has 1 heterocycles. The van der Waals surface area contributed by atoms with E-state index in [9.17, 15) is 9.90 Å². The number of nitrogens with one attached hydrogen (secondary N) is 3. The second kappa shape index (κ2) is 11.7.